The molecule has 0 unspecified atom stereocenters. The maximum Gasteiger partial charge on any atom is 0.255 e. The van der Waals surface area contributed by atoms with Gasteiger partial charge in [0.1, 0.15) is 11.6 Å². The number of amides is 1. The molecule has 0 aliphatic heterocycles. The molecule has 0 atom stereocenters. The van der Waals surface area contributed by atoms with Crippen molar-refractivity contribution in [2.75, 3.05) is 6.61 Å². The molecule has 0 fully saturated rings. The molecule has 1 amide bonds. The topological polar surface area (TPSA) is 64.4 Å². The predicted octanol–water partition coefficient (Wildman–Crippen LogP) is 3.55. The number of rotatable bonds is 7. The summed E-state index contributed by atoms with van der Waals surface area (Å²) in [5, 5.41) is 5.48. The minimum Gasteiger partial charge on any atom is -0.483 e. The van der Waals surface area contributed by atoms with Crippen LogP contribution in [-0.2, 0) is 17.9 Å². The minimum atomic E-state index is -0.515. The maximum absolute atomic E-state index is 13.0. The lowest BCUT2D eigenvalue weighted by Gasteiger charge is -2.14. The molecule has 0 aliphatic rings. The van der Waals surface area contributed by atoms with Crippen LogP contribution in [-0.4, -0.2) is 12.5 Å². The molecular weight excluding hydrogens is 355 g/mol. The summed E-state index contributed by atoms with van der Waals surface area (Å²) in [6.45, 7) is 0.981. The minimum absolute atomic E-state index is 0. The Morgan fingerprint density at radius 1 is 1.00 bits per heavy atom. The van der Waals surface area contributed by atoms with Crippen LogP contribution in [0, 0.1) is 5.82 Å². The molecular formula is C20H20ClFN2O2. The van der Waals surface area contributed by atoms with Crippen molar-refractivity contribution in [3.63, 3.8) is 0 Å². The number of ether oxygens (including phenoxy) is 1. The third-order valence-corrected chi connectivity index (χ3v) is 3.91. The second-order valence-corrected chi connectivity index (χ2v) is 5.75. The number of halogens is 2. The Balaban J connectivity index is 0.00000243. The molecule has 0 spiro atoms. The van der Waals surface area contributed by atoms with Gasteiger partial charge in [-0.3, -0.25) is 4.79 Å². The van der Waals surface area contributed by atoms with Gasteiger partial charge < -0.3 is 15.8 Å². The van der Waals surface area contributed by atoms with Gasteiger partial charge in [-0.2, -0.15) is 0 Å². The summed E-state index contributed by atoms with van der Waals surface area (Å²) >= 11 is 0. The van der Waals surface area contributed by atoms with Gasteiger partial charge in [-0.05, 0) is 34.5 Å². The van der Waals surface area contributed by atoms with Crippen molar-refractivity contribution in [2.45, 2.75) is 13.1 Å². The lowest BCUT2D eigenvalue weighted by atomic mass is 10.0. The van der Waals surface area contributed by atoms with Crippen LogP contribution in [0.3, 0.4) is 0 Å². The number of nitrogens with one attached hydrogen (secondary N) is 1. The Bertz CT molecular complexity index is 885. The van der Waals surface area contributed by atoms with Gasteiger partial charge >= 0.3 is 0 Å². The summed E-state index contributed by atoms with van der Waals surface area (Å²) in [6.07, 6.45) is 0. The van der Waals surface area contributed by atoms with E-state index in [-0.39, 0.29) is 24.8 Å². The summed E-state index contributed by atoms with van der Waals surface area (Å²) in [7, 11) is 0. The third-order valence-electron chi connectivity index (χ3n) is 3.91. The molecule has 6 heteroatoms. The molecule has 0 saturated carbocycles. The highest BCUT2D eigenvalue weighted by molar-refractivity contribution is 5.88. The second-order valence-electron chi connectivity index (χ2n) is 5.75. The normalized spacial score (nSPS) is 10.3. The summed E-state index contributed by atoms with van der Waals surface area (Å²) in [4.78, 5) is 11.0. The standard InChI is InChI=1S/C20H19FN2O2.ClH/c21-16-8-5-14(6-9-16)11-23-12-18-17-4-2-1-3-15(17)7-10-19(18)25-13-20(22)24;/h1-10,23H,11-13H2,(H2,22,24);1H. The Morgan fingerprint density at radius 2 is 1.73 bits per heavy atom. The van der Waals surface area contributed by atoms with Crippen LogP contribution >= 0.6 is 12.4 Å². The first-order chi connectivity index (χ1) is 12.1. The van der Waals surface area contributed by atoms with Crippen molar-refractivity contribution in [1.29, 1.82) is 0 Å². The molecule has 0 aromatic heterocycles. The zero-order valence-corrected chi connectivity index (χ0v) is 14.9. The summed E-state index contributed by atoms with van der Waals surface area (Å²) in [5.41, 5.74) is 7.13. The predicted molar refractivity (Wildman–Crippen MR) is 103 cm³/mol. The molecule has 3 rings (SSSR count). The quantitative estimate of drug-likeness (QED) is 0.664. The number of carbonyl (C=O) groups is 1. The summed E-state index contributed by atoms with van der Waals surface area (Å²) < 4.78 is 18.5. The van der Waals surface area contributed by atoms with Crippen LogP contribution in [0.25, 0.3) is 10.8 Å². The largest absolute Gasteiger partial charge is 0.483 e. The highest BCUT2D eigenvalue weighted by Crippen LogP contribution is 2.28. The summed E-state index contributed by atoms with van der Waals surface area (Å²) in [6, 6.07) is 18.2. The number of primary amides is 1. The van der Waals surface area contributed by atoms with Crippen molar-refractivity contribution in [1.82, 2.24) is 5.32 Å². The van der Waals surface area contributed by atoms with Gasteiger partial charge in [0.2, 0.25) is 0 Å². The average Bonchev–Trinajstić information content (AvgIpc) is 2.62. The number of carbonyl (C=O) groups excluding carboxylic acids is 1. The second kappa shape index (κ2) is 9.17. The van der Waals surface area contributed by atoms with E-state index in [1.165, 1.54) is 12.1 Å². The SMILES string of the molecule is Cl.NC(=O)COc1ccc2ccccc2c1CNCc1ccc(F)cc1. The van der Waals surface area contributed by atoms with E-state index in [1.54, 1.807) is 12.1 Å². The molecule has 4 nitrogen and oxygen atoms in total. The third kappa shape index (κ3) is 4.94. The fraction of sp³-hybridized carbons (Fsp3) is 0.150. The Labute approximate surface area is 157 Å². The van der Waals surface area contributed by atoms with E-state index in [0.29, 0.717) is 18.8 Å². The molecule has 0 saturated heterocycles. The van der Waals surface area contributed by atoms with Crippen molar-refractivity contribution in [2.24, 2.45) is 5.73 Å². The van der Waals surface area contributed by atoms with E-state index < -0.39 is 5.91 Å². The number of nitrogens with two attached hydrogens (primary N) is 1. The van der Waals surface area contributed by atoms with Gasteiger partial charge in [-0.25, -0.2) is 4.39 Å². The maximum atomic E-state index is 13.0. The van der Waals surface area contributed by atoms with E-state index in [1.807, 2.05) is 36.4 Å². The molecule has 136 valence electrons. The van der Waals surface area contributed by atoms with Crippen molar-refractivity contribution < 1.29 is 13.9 Å². The van der Waals surface area contributed by atoms with E-state index in [9.17, 15) is 9.18 Å². The Morgan fingerprint density at radius 3 is 2.46 bits per heavy atom. The lowest BCUT2D eigenvalue weighted by molar-refractivity contribution is -0.119. The molecule has 26 heavy (non-hydrogen) atoms. The van der Waals surface area contributed by atoms with Crippen LogP contribution in [0.5, 0.6) is 5.75 Å². The number of fused-ring (bicyclic) bond motifs is 1. The van der Waals surface area contributed by atoms with Crippen LogP contribution in [0.15, 0.2) is 60.7 Å². The zero-order chi connectivity index (χ0) is 17.6. The van der Waals surface area contributed by atoms with E-state index >= 15 is 0 Å². The van der Waals surface area contributed by atoms with Crippen molar-refractivity contribution in [3.05, 3.63) is 77.6 Å². The number of hydrogen-bond acceptors (Lipinski definition) is 3. The molecule has 3 N–H and O–H groups in total. The van der Waals surface area contributed by atoms with Gasteiger partial charge in [0, 0.05) is 18.7 Å². The van der Waals surface area contributed by atoms with Gasteiger partial charge in [-0.15, -0.1) is 12.4 Å². The molecule has 3 aromatic rings. The molecule has 0 bridgehead atoms. The average molecular weight is 375 g/mol. The van der Waals surface area contributed by atoms with Gasteiger partial charge in [0.25, 0.3) is 5.91 Å². The van der Waals surface area contributed by atoms with Crippen LogP contribution < -0.4 is 15.8 Å². The van der Waals surface area contributed by atoms with Crippen LogP contribution in [0.2, 0.25) is 0 Å². The fourth-order valence-corrected chi connectivity index (χ4v) is 2.72. The number of hydrogen-bond donors (Lipinski definition) is 2. The Hall–Kier alpha value is -2.63. The fourth-order valence-electron chi connectivity index (χ4n) is 2.72. The highest BCUT2D eigenvalue weighted by Gasteiger charge is 2.10. The smallest absolute Gasteiger partial charge is 0.255 e. The highest BCUT2D eigenvalue weighted by atomic mass is 35.5. The summed E-state index contributed by atoms with van der Waals surface area (Å²) in [5.74, 6) is -0.137. The van der Waals surface area contributed by atoms with Crippen LogP contribution in [0.1, 0.15) is 11.1 Å². The zero-order valence-electron chi connectivity index (χ0n) is 14.1. The first-order valence-corrected chi connectivity index (χ1v) is 8.00. The van der Waals surface area contributed by atoms with Crippen molar-refractivity contribution >= 4 is 29.1 Å². The number of benzene rings is 3. The van der Waals surface area contributed by atoms with Crippen LogP contribution in [0.4, 0.5) is 4.39 Å². The molecule has 0 aliphatic carbocycles. The van der Waals surface area contributed by atoms with E-state index in [4.69, 9.17) is 10.5 Å². The Kier molecular flexibility index (Phi) is 6.95. The van der Waals surface area contributed by atoms with Gasteiger partial charge in [0.05, 0.1) is 0 Å². The first-order valence-electron chi connectivity index (χ1n) is 8.00. The monoisotopic (exact) mass is 374 g/mol. The van der Waals surface area contributed by atoms with Crippen molar-refractivity contribution in [3.8, 4) is 5.75 Å². The van der Waals surface area contributed by atoms with Gasteiger partial charge in [-0.1, -0.05) is 42.5 Å². The molecule has 0 heterocycles. The van der Waals surface area contributed by atoms with E-state index in [2.05, 4.69) is 5.32 Å². The van der Waals surface area contributed by atoms with E-state index in [0.717, 1.165) is 21.9 Å². The molecule has 3 aromatic carbocycles. The molecule has 0 radical (unpaired) electrons. The van der Waals surface area contributed by atoms with Gasteiger partial charge in [0.15, 0.2) is 6.61 Å². The lowest BCUT2D eigenvalue weighted by Crippen LogP contribution is -2.21. The first kappa shape index (κ1) is 19.7.